The van der Waals surface area contributed by atoms with Crippen LogP contribution in [0, 0.1) is 17.2 Å². The summed E-state index contributed by atoms with van der Waals surface area (Å²) in [5.41, 5.74) is 0.581. The van der Waals surface area contributed by atoms with E-state index >= 15 is 0 Å². The fraction of sp³-hybridized carbons (Fsp3) is 0.538. The number of piperidine rings is 1. The normalized spacial score (nSPS) is 21.9. The van der Waals surface area contributed by atoms with Crippen LogP contribution in [0.4, 0.5) is 5.82 Å². The highest BCUT2D eigenvalue weighted by Crippen LogP contribution is 2.23. The van der Waals surface area contributed by atoms with Gasteiger partial charge in [0.05, 0.1) is 11.7 Å². The van der Waals surface area contributed by atoms with Crippen molar-refractivity contribution >= 4 is 5.82 Å². The minimum absolute atomic E-state index is 0.267. The Morgan fingerprint density at radius 2 is 2.41 bits per heavy atom. The van der Waals surface area contributed by atoms with Crippen LogP contribution < -0.4 is 4.90 Å². The van der Waals surface area contributed by atoms with Crippen molar-refractivity contribution in [3.05, 3.63) is 23.9 Å². The minimum atomic E-state index is -0.267. The average molecular weight is 231 g/mol. The molecule has 0 amide bonds. The highest BCUT2D eigenvalue weighted by Gasteiger charge is 2.24. The summed E-state index contributed by atoms with van der Waals surface area (Å²) >= 11 is 0. The van der Waals surface area contributed by atoms with Crippen molar-refractivity contribution < 1.29 is 5.11 Å². The Bertz CT molecular complexity index is 408. The lowest BCUT2D eigenvalue weighted by molar-refractivity contribution is 0.115. The highest BCUT2D eigenvalue weighted by atomic mass is 16.3. The predicted octanol–water partition coefficient (Wildman–Crippen LogP) is 1.55. The minimum Gasteiger partial charge on any atom is -0.393 e. The van der Waals surface area contributed by atoms with Gasteiger partial charge in [0.25, 0.3) is 0 Å². The maximum absolute atomic E-state index is 9.63. The molecule has 17 heavy (non-hydrogen) atoms. The van der Waals surface area contributed by atoms with Gasteiger partial charge >= 0.3 is 0 Å². The third-order valence-electron chi connectivity index (χ3n) is 3.34. The Labute approximate surface area is 102 Å². The lowest BCUT2D eigenvalue weighted by Gasteiger charge is -2.34. The van der Waals surface area contributed by atoms with Crippen LogP contribution >= 0.6 is 0 Å². The first-order valence-corrected chi connectivity index (χ1v) is 6.00. The van der Waals surface area contributed by atoms with Gasteiger partial charge in [0.2, 0.25) is 0 Å². The predicted molar refractivity (Wildman–Crippen MR) is 65.6 cm³/mol. The molecule has 2 heterocycles. The van der Waals surface area contributed by atoms with Crippen molar-refractivity contribution in [3.8, 4) is 6.07 Å². The summed E-state index contributed by atoms with van der Waals surface area (Å²) < 4.78 is 0. The second-order valence-corrected chi connectivity index (χ2v) is 4.61. The van der Waals surface area contributed by atoms with E-state index in [-0.39, 0.29) is 6.10 Å². The fourth-order valence-corrected chi connectivity index (χ4v) is 2.25. The van der Waals surface area contributed by atoms with Gasteiger partial charge in [0.15, 0.2) is 0 Å². The van der Waals surface area contributed by atoms with E-state index in [9.17, 15) is 5.11 Å². The molecule has 2 rings (SSSR count). The largest absolute Gasteiger partial charge is 0.393 e. The SMILES string of the molecule is CC(O)C1CCCN(c2ccc(C#N)cn2)C1. The third kappa shape index (κ3) is 2.75. The lowest BCUT2D eigenvalue weighted by Crippen LogP contribution is -2.39. The van der Waals surface area contributed by atoms with Gasteiger partial charge in [-0.1, -0.05) is 0 Å². The second kappa shape index (κ2) is 5.15. The topological polar surface area (TPSA) is 60.1 Å². The van der Waals surface area contributed by atoms with Gasteiger partial charge in [0.1, 0.15) is 11.9 Å². The first kappa shape index (κ1) is 11.9. The Kier molecular flexibility index (Phi) is 3.60. The van der Waals surface area contributed by atoms with E-state index in [2.05, 4.69) is 16.0 Å². The third-order valence-corrected chi connectivity index (χ3v) is 3.34. The summed E-state index contributed by atoms with van der Waals surface area (Å²) in [7, 11) is 0. The molecule has 1 aromatic heterocycles. The van der Waals surface area contributed by atoms with E-state index in [4.69, 9.17) is 5.26 Å². The molecule has 2 atom stereocenters. The summed E-state index contributed by atoms with van der Waals surface area (Å²) in [5, 5.41) is 18.4. The number of aliphatic hydroxyl groups is 1. The summed E-state index contributed by atoms with van der Waals surface area (Å²) in [5.74, 6) is 1.22. The molecule has 4 heteroatoms. The maximum Gasteiger partial charge on any atom is 0.128 e. The van der Waals surface area contributed by atoms with Crippen LogP contribution in [0.2, 0.25) is 0 Å². The molecular formula is C13H17N3O. The van der Waals surface area contributed by atoms with Crippen molar-refractivity contribution in [1.82, 2.24) is 4.98 Å². The number of pyridine rings is 1. The van der Waals surface area contributed by atoms with Gasteiger partial charge in [-0.15, -0.1) is 0 Å². The van der Waals surface area contributed by atoms with Gasteiger partial charge in [-0.3, -0.25) is 0 Å². The number of nitriles is 1. The van der Waals surface area contributed by atoms with Crippen LogP contribution in [0.25, 0.3) is 0 Å². The molecule has 0 aliphatic carbocycles. The molecule has 1 N–H and O–H groups in total. The second-order valence-electron chi connectivity index (χ2n) is 4.61. The molecule has 0 aromatic carbocycles. The first-order valence-electron chi connectivity index (χ1n) is 6.00. The Balaban J connectivity index is 2.08. The highest BCUT2D eigenvalue weighted by molar-refractivity contribution is 5.42. The van der Waals surface area contributed by atoms with E-state index < -0.39 is 0 Å². The molecule has 0 spiro atoms. The first-order chi connectivity index (χ1) is 8.20. The van der Waals surface area contributed by atoms with Gasteiger partial charge in [-0.05, 0) is 31.9 Å². The summed E-state index contributed by atoms with van der Waals surface area (Å²) in [6.07, 6.45) is 3.49. The van der Waals surface area contributed by atoms with E-state index in [0.29, 0.717) is 11.5 Å². The number of hydrogen-bond donors (Lipinski definition) is 1. The number of aliphatic hydroxyl groups excluding tert-OH is 1. The molecule has 4 nitrogen and oxygen atoms in total. The summed E-state index contributed by atoms with van der Waals surface area (Å²) in [4.78, 5) is 6.47. The summed E-state index contributed by atoms with van der Waals surface area (Å²) in [6.45, 7) is 3.67. The van der Waals surface area contributed by atoms with Crippen LogP contribution in [-0.4, -0.2) is 29.3 Å². The monoisotopic (exact) mass is 231 g/mol. The van der Waals surface area contributed by atoms with E-state index in [1.807, 2.05) is 13.0 Å². The van der Waals surface area contributed by atoms with E-state index in [1.54, 1.807) is 12.3 Å². The van der Waals surface area contributed by atoms with Crippen LogP contribution in [0.15, 0.2) is 18.3 Å². The zero-order valence-electron chi connectivity index (χ0n) is 10.0. The number of rotatable bonds is 2. The Morgan fingerprint density at radius 1 is 1.59 bits per heavy atom. The molecule has 2 unspecified atom stereocenters. The molecule has 0 bridgehead atoms. The zero-order valence-corrected chi connectivity index (χ0v) is 10.0. The van der Waals surface area contributed by atoms with Crippen LogP contribution in [0.1, 0.15) is 25.3 Å². The molecule has 1 aliphatic rings. The van der Waals surface area contributed by atoms with Gasteiger partial charge in [0, 0.05) is 25.2 Å². The quantitative estimate of drug-likeness (QED) is 0.839. The molecule has 90 valence electrons. The van der Waals surface area contributed by atoms with Crippen molar-refractivity contribution in [1.29, 1.82) is 5.26 Å². The van der Waals surface area contributed by atoms with Crippen molar-refractivity contribution in [2.75, 3.05) is 18.0 Å². The van der Waals surface area contributed by atoms with Crippen LogP contribution in [0.3, 0.4) is 0 Å². The molecule has 0 radical (unpaired) electrons. The van der Waals surface area contributed by atoms with Gasteiger partial charge < -0.3 is 10.0 Å². The molecule has 1 aromatic rings. The van der Waals surface area contributed by atoms with E-state index in [1.165, 1.54) is 0 Å². The standard InChI is InChI=1S/C13H17N3O/c1-10(17)12-3-2-6-16(9-12)13-5-4-11(7-14)8-15-13/h4-5,8,10,12,17H,2-3,6,9H2,1H3. The smallest absolute Gasteiger partial charge is 0.128 e. The fourth-order valence-electron chi connectivity index (χ4n) is 2.25. The average Bonchev–Trinajstić information content (AvgIpc) is 2.39. The number of aromatic nitrogens is 1. The molecule has 1 saturated heterocycles. The number of hydrogen-bond acceptors (Lipinski definition) is 4. The van der Waals surface area contributed by atoms with Crippen LogP contribution in [0.5, 0.6) is 0 Å². The molecule has 1 aliphatic heterocycles. The van der Waals surface area contributed by atoms with Crippen LogP contribution in [-0.2, 0) is 0 Å². The number of anilines is 1. The Hall–Kier alpha value is -1.60. The van der Waals surface area contributed by atoms with Gasteiger partial charge in [-0.2, -0.15) is 5.26 Å². The number of nitrogens with zero attached hydrogens (tertiary/aromatic N) is 3. The van der Waals surface area contributed by atoms with Crippen molar-refractivity contribution in [3.63, 3.8) is 0 Å². The maximum atomic E-state index is 9.63. The summed E-state index contributed by atoms with van der Waals surface area (Å²) in [6, 6.07) is 5.73. The lowest BCUT2D eigenvalue weighted by atomic mass is 9.93. The zero-order chi connectivity index (χ0) is 12.3. The Morgan fingerprint density at radius 3 is 3.00 bits per heavy atom. The van der Waals surface area contributed by atoms with E-state index in [0.717, 1.165) is 31.7 Å². The molecular weight excluding hydrogens is 214 g/mol. The molecule has 1 fully saturated rings. The van der Waals surface area contributed by atoms with Crippen molar-refractivity contribution in [2.45, 2.75) is 25.9 Å². The van der Waals surface area contributed by atoms with Gasteiger partial charge in [-0.25, -0.2) is 4.98 Å². The molecule has 0 saturated carbocycles. The van der Waals surface area contributed by atoms with Crippen molar-refractivity contribution in [2.24, 2.45) is 5.92 Å².